The van der Waals surface area contributed by atoms with Crippen molar-refractivity contribution in [3.05, 3.63) is 0 Å². The van der Waals surface area contributed by atoms with E-state index in [0.717, 1.165) is 25.9 Å². The predicted octanol–water partition coefficient (Wildman–Crippen LogP) is 0.454. The number of hydroxylamine groups is 2. The van der Waals surface area contributed by atoms with Crippen molar-refractivity contribution in [2.45, 2.75) is 19.3 Å². The van der Waals surface area contributed by atoms with Crippen molar-refractivity contribution in [1.29, 1.82) is 5.26 Å². The van der Waals surface area contributed by atoms with Gasteiger partial charge in [-0.05, 0) is 12.8 Å². The van der Waals surface area contributed by atoms with E-state index in [9.17, 15) is 4.79 Å². The van der Waals surface area contributed by atoms with E-state index in [1.165, 1.54) is 0 Å². The van der Waals surface area contributed by atoms with Crippen molar-refractivity contribution in [2.75, 3.05) is 13.1 Å². The highest BCUT2D eigenvalue weighted by molar-refractivity contribution is 5.71. The molecule has 0 atom stereocenters. The van der Waals surface area contributed by atoms with E-state index in [1.54, 1.807) is 11.1 Å². The van der Waals surface area contributed by atoms with Crippen molar-refractivity contribution in [3.8, 4) is 6.07 Å². The average molecular weight is 154 g/mol. The number of carbonyl (C=O) groups is 1. The van der Waals surface area contributed by atoms with Crippen LogP contribution in [0, 0.1) is 11.3 Å². The average Bonchev–Trinajstić information content (AvgIpc) is 2.40. The second kappa shape index (κ2) is 3.94. The lowest BCUT2D eigenvalue weighted by Gasteiger charge is -2.12. The van der Waals surface area contributed by atoms with Gasteiger partial charge in [-0.15, -0.1) is 5.06 Å². The Morgan fingerprint density at radius 3 is 2.73 bits per heavy atom. The lowest BCUT2D eigenvalue weighted by Crippen LogP contribution is -2.23. The highest BCUT2D eigenvalue weighted by Gasteiger charge is 2.15. The van der Waals surface area contributed by atoms with Crippen LogP contribution < -0.4 is 0 Å². The standard InChI is InChI=1S/C7H10N2O2/c8-4-3-7(10)11-9-5-1-2-6-9/h1-3,5-6H2. The van der Waals surface area contributed by atoms with Crippen LogP contribution in [-0.4, -0.2) is 24.1 Å². The fourth-order valence-electron chi connectivity index (χ4n) is 1.02. The molecule has 0 aromatic carbocycles. The molecule has 0 aromatic heterocycles. The molecule has 0 radical (unpaired) electrons. The smallest absolute Gasteiger partial charge is 0.339 e. The predicted molar refractivity (Wildman–Crippen MR) is 37.1 cm³/mol. The van der Waals surface area contributed by atoms with Crippen LogP contribution in [0.25, 0.3) is 0 Å². The topological polar surface area (TPSA) is 53.3 Å². The first kappa shape index (κ1) is 8.02. The Labute approximate surface area is 65.3 Å². The van der Waals surface area contributed by atoms with E-state index in [4.69, 9.17) is 10.1 Å². The third-order valence-corrected chi connectivity index (χ3v) is 1.52. The molecule has 0 spiro atoms. The van der Waals surface area contributed by atoms with Crippen molar-refractivity contribution in [3.63, 3.8) is 0 Å². The normalized spacial score (nSPS) is 17.7. The van der Waals surface area contributed by atoms with Gasteiger partial charge in [-0.2, -0.15) is 5.26 Å². The summed E-state index contributed by atoms with van der Waals surface area (Å²) in [5, 5.41) is 9.75. The summed E-state index contributed by atoms with van der Waals surface area (Å²) in [5.41, 5.74) is 0. The molecular formula is C7H10N2O2. The molecule has 1 heterocycles. The Morgan fingerprint density at radius 1 is 1.55 bits per heavy atom. The minimum Gasteiger partial charge on any atom is -0.367 e. The third-order valence-electron chi connectivity index (χ3n) is 1.52. The van der Waals surface area contributed by atoms with E-state index < -0.39 is 5.97 Å². The fourth-order valence-corrected chi connectivity index (χ4v) is 1.02. The highest BCUT2D eigenvalue weighted by atomic mass is 16.7. The number of rotatable bonds is 2. The van der Waals surface area contributed by atoms with E-state index in [2.05, 4.69) is 0 Å². The largest absolute Gasteiger partial charge is 0.367 e. The lowest BCUT2D eigenvalue weighted by molar-refractivity contribution is -0.183. The van der Waals surface area contributed by atoms with Gasteiger partial charge < -0.3 is 4.84 Å². The summed E-state index contributed by atoms with van der Waals surface area (Å²) in [6.07, 6.45) is 1.98. The van der Waals surface area contributed by atoms with Gasteiger partial charge in [0.1, 0.15) is 6.42 Å². The molecule has 1 fully saturated rings. The molecule has 0 saturated carbocycles. The SMILES string of the molecule is N#CCC(=O)ON1CCCC1. The molecule has 1 aliphatic rings. The molecule has 0 amide bonds. The van der Waals surface area contributed by atoms with E-state index >= 15 is 0 Å². The molecule has 1 aliphatic heterocycles. The van der Waals surface area contributed by atoms with Crippen LogP contribution in [-0.2, 0) is 9.63 Å². The number of hydrogen-bond donors (Lipinski definition) is 0. The number of nitriles is 1. The Balaban J connectivity index is 2.19. The van der Waals surface area contributed by atoms with Crippen LogP contribution in [0.1, 0.15) is 19.3 Å². The molecular weight excluding hydrogens is 144 g/mol. The molecule has 0 N–H and O–H groups in total. The summed E-state index contributed by atoms with van der Waals surface area (Å²) in [7, 11) is 0. The Hall–Kier alpha value is -1.08. The van der Waals surface area contributed by atoms with Crippen LogP contribution in [0.2, 0.25) is 0 Å². The summed E-state index contributed by atoms with van der Waals surface area (Å²) in [6.45, 7) is 1.61. The molecule has 0 aliphatic carbocycles. The highest BCUT2D eigenvalue weighted by Crippen LogP contribution is 2.07. The van der Waals surface area contributed by atoms with E-state index in [1.807, 2.05) is 0 Å². The number of nitrogens with zero attached hydrogens (tertiary/aromatic N) is 2. The molecule has 4 heteroatoms. The molecule has 4 nitrogen and oxygen atoms in total. The summed E-state index contributed by atoms with van der Waals surface area (Å²) < 4.78 is 0. The Bertz CT molecular complexity index is 179. The second-order valence-electron chi connectivity index (χ2n) is 2.43. The van der Waals surface area contributed by atoms with Crippen molar-refractivity contribution < 1.29 is 9.63 Å². The Kier molecular flexibility index (Phi) is 2.87. The lowest BCUT2D eigenvalue weighted by atomic mass is 10.4. The first-order chi connectivity index (χ1) is 5.33. The first-order valence-corrected chi connectivity index (χ1v) is 3.65. The molecule has 0 unspecified atom stereocenters. The van der Waals surface area contributed by atoms with Crippen LogP contribution >= 0.6 is 0 Å². The van der Waals surface area contributed by atoms with Crippen LogP contribution in [0.4, 0.5) is 0 Å². The third kappa shape index (κ3) is 2.56. The molecule has 1 saturated heterocycles. The van der Waals surface area contributed by atoms with Crippen LogP contribution in [0.5, 0.6) is 0 Å². The van der Waals surface area contributed by atoms with Gasteiger partial charge in [-0.1, -0.05) is 0 Å². The fraction of sp³-hybridized carbons (Fsp3) is 0.714. The molecule has 60 valence electrons. The van der Waals surface area contributed by atoms with Crippen molar-refractivity contribution in [1.82, 2.24) is 5.06 Å². The maximum Gasteiger partial charge on any atom is 0.339 e. The molecule has 1 rings (SSSR count). The van der Waals surface area contributed by atoms with E-state index in [0.29, 0.717) is 0 Å². The first-order valence-electron chi connectivity index (χ1n) is 3.65. The van der Waals surface area contributed by atoms with Gasteiger partial charge in [0.05, 0.1) is 6.07 Å². The van der Waals surface area contributed by atoms with Gasteiger partial charge in [0.2, 0.25) is 0 Å². The number of hydrogen-bond acceptors (Lipinski definition) is 4. The molecule has 0 bridgehead atoms. The van der Waals surface area contributed by atoms with E-state index in [-0.39, 0.29) is 6.42 Å². The summed E-state index contributed by atoms with van der Waals surface area (Å²) in [4.78, 5) is 15.5. The zero-order valence-corrected chi connectivity index (χ0v) is 6.25. The van der Waals surface area contributed by atoms with Gasteiger partial charge in [-0.25, -0.2) is 4.79 Å². The van der Waals surface area contributed by atoms with Crippen LogP contribution in [0.15, 0.2) is 0 Å². The van der Waals surface area contributed by atoms with Crippen LogP contribution in [0.3, 0.4) is 0 Å². The maximum atomic E-state index is 10.7. The zero-order valence-electron chi connectivity index (χ0n) is 6.25. The van der Waals surface area contributed by atoms with Gasteiger partial charge in [-0.3, -0.25) is 0 Å². The van der Waals surface area contributed by atoms with Crippen molar-refractivity contribution in [2.24, 2.45) is 0 Å². The molecule has 11 heavy (non-hydrogen) atoms. The monoisotopic (exact) mass is 154 g/mol. The van der Waals surface area contributed by atoms with Gasteiger partial charge >= 0.3 is 5.97 Å². The minimum atomic E-state index is -0.450. The number of carbonyl (C=O) groups excluding carboxylic acids is 1. The van der Waals surface area contributed by atoms with Gasteiger partial charge in [0.15, 0.2) is 0 Å². The molecule has 0 aromatic rings. The van der Waals surface area contributed by atoms with Gasteiger partial charge in [0.25, 0.3) is 0 Å². The Morgan fingerprint density at radius 2 is 2.18 bits per heavy atom. The summed E-state index contributed by atoms with van der Waals surface area (Å²) in [6, 6.07) is 1.74. The second-order valence-corrected chi connectivity index (χ2v) is 2.43. The quantitative estimate of drug-likeness (QED) is 0.579. The summed E-state index contributed by atoms with van der Waals surface area (Å²) >= 11 is 0. The minimum absolute atomic E-state index is 0.156. The van der Waals surface area contributed by atoms with Crippen molar-refractivity contribution >= 4 is 5.97 Å². The zero-order chi connectivity index (χ0) is 8.10. The summed E-state index contributed by atoms with van der Waals surface area (Å²) in [5.74, 6) is -0.450. The van der Waals surface area contributed by atoms with Gasteiger partial charge in [0, 0.05) is 13.1 Å². The maximum absolute atomic E-state index is 10.7.